The lowest BCUT2D eigenvalue weighted by molar-refractivity contribution is -0.274. The lowest BCUT2D eigenvalue weighted by Crippen LogP contribution is -2.19. The average molecular weight is 520 g/mol. The molecular formula is C24H23F3N4O6. The maximum atomic E-state index is 13.5. The van der Waals surface area contributed by atoms with E-state index in [9.17, 15) is 22.8 Å². The number of nitrogens with zero attached hydrogens (tertiary/aromatic N) is 2. The van der Waals surface area contributed by atoms with E-state index in [2.05, 4.69) is 20.0 Å². The van der Waals surface area contributed by atoms with E-state index in [0.717, 1.165) is 12.1 Å². The number of aromatic nitrogens is 2. The van der Waals surface area contributed by atoms with Crippen molar-refractivity contribution in [1.82, 2.24) is 9.97 Å². The molecule has 3 N–H and O–H groups in total. The molecule has 0 unspecified atom stereocenters. The standard InChI is InChI=1S/C24H23F3N4O6/c1-5-35-21-13(3)29-11-19(36-17-7-6-14(8-18(17)34-4)37-24(25,26)27)20(21)23(33)31-15-9-16(22(28)32)30-10-12(15)2/h6-11H,5H2,1-4H3,(H2,28,32)(H,30,31,33). The molecule has 2 heterocycles. The normalized spacial score (nSPS) is 11.0. The first-order chi connectivity index (χ1) is 17.4. The summed E-state index contributed by atoms with van der Waals surface area (Å²) >= 11 is 0. The number of methoxy groups -OCH3 is 1. The van der Waals surface area contributed by atoms with Crippen molar-refractivity contribution in [3.63, 3.8) is 0 Å². The van der Waals surface area contributed by atoms with E-state index < -0.39 is 23.9 Å². The van der Waals surface area contributed by atoms with Crippen LogP contribution in [-0.2, 0) is 0 Å². The number of carbonyl (C=O) groups excluding carboxylic acids is 2. The van der Waals surface area contributed by atoms with Gasteiger partial charge in [0.25, 0.3) is 11.8 Å². The van der Waals surface area contributed by atoms with Gasteiger partial charge in [-0.2, -0.15) is 0 Å². The van der Waals surface area contributed by atoms with Crippen LogP contribution in [-0.4, -0.2) is 41.9 Å². The number of halogens is 3. The van der Waals surface area contributed by atoms with Crippen molar-refractivity contribution in [2.24, 2.45) is 5.73 Å². The van der Waals surface area contributed by atoms with Gasteiger partial charge in [-0.3, -0.25) is 19.6 Å². The fourth-order valence-electron chi connectivity index (χ4n) is 3.21. The molecule has 13 heteroatoms. The van der Waals surface area contributed by atoms with Crippen LogP contribution in [0.5, 0.6) is 28.7 Å². The van der Waals surface area contributed by atoms with Crippen molar-refractivity contribution in [3.8, 4) is 28.7 Å². The van der Waals surface area contributed by atoms with Crippen molar-refractivity contribution in [1.29, 1.82) is 0 Å². The largest absolute Gasteiger partial charge is 0.573 e. The van der Waals surface area contributed by atoms with E-state index in [1.54, 1.807) is 20.8 Å². The number of anilines is 1. The van der Waals surface area contributed by atoms with Crippen LogP contribution in [0.2, 0.25) is 0 Å². The highest BCUT2D eigenvalue weighted by atomic mass is 19.4. The van der Waals surface area contributed by atoms with Crippen molar-refractivity contribution in [3.05, 3.63) is 59.2 Å². The van der Waals surface area contributed by atoms with Gasteiger partial charge in [-0.05, 0) is 44.5 Å². The lowest BCUT2D eigenvalue weighted by Gasteiger charge is -2.18. The van der Waals surface area contributed by atoms with Crippen LogP contribution in [0.4, 0.5) is 18.9 Å². The Kier molecular flexibility index (Phi) is 8.05. The molecule has 37 heavy (non-hydrogen) atoms. The van der Waals surface area contributed by atoms with E-state index in [1.807, 2.05) is 0 Å². The summed E-state index contributed by atoms with van der Waals surface area (Å²) < 4.78 is 58.4. The number of amides is 2. The first-order valence-corrected chi connectivity index (χ1v) is 10.7. The molecule has 0 aliphatic heterocycles. The highest BCUT2D eigenvalue weighted by molar-refractivity contribution is 6.09. The summed E-state index contributed by atoms with van der Waals surface area (Å²) in [4.78, 5) is 33.1. The highest BCUT2D eigenvalue weighted by Gasteiger charge is 2.31. The number of benzene rings is 1. The SMILES string of the molecule is CCOc1c(C)ncc(Oc2ccc(OC(F)(F)F)cc2OC)c1C(=O)Nc1cc(C(N)=O)ncc1C. The van der Waals surface area contributed by atoms with Crippen molar-refractivity contribution >= 4 is 17.5 Å². The molecule has 0 aliphatic rings. The predicted molar refractivity (Wildman–Crippen MR) is 125 cm³/mol. The number of primary amides is 1. The monoisotopic (exact) mass is 520 g/mol. The molecular weight excluding hydrogens is 497 g/mol. The van der Waals surface area contributed by atoms with Gasteiger partial charge in [0, 0.05) is 18.0 Å². The Balaban J connectivity index is 2.05. The number of nitrogens with two attached hydrogens (primary N) is 1. The summed E-state index contributed by atoms with van der Waals surface area (Å²) in [6.07, 6.45) is -2.25. The molecule has 2 amide bonds. The third kappa shape index (κ3) is 6.57. The summed E-state index contributed by atoms with van der Waals surface area (Å²) in [6, 6.07) is 4.53. The maximum Gasteiger partial charge on any atom is 0.573 e. The third-order valence-electron chi connectivity index (χ3n) is 4.89. The Labute approximate surface area is 209 Å². The molecule has 10 nitrogen and oxygen atoms in total. The number of rotatable bonds is 9. The van der Waals surface area contributed by atoms with Crippen LogP contribution in [0.15, 0.2) is 36.7 Å². The van der Waals surface area contributed by atoms with Gasteiger partial charge in [0.2, 0.25) is 0 Å². The predicted octanol–water partition coefficient (Wildman–Crippen LogP) is 4.54. The molecule has 0 fully saturated rings. The molecule has 2 aromatic heterocycles. The maximum absolute atomic E-state index is 13.5. The molecule has 196 valence electrons. The molecule has 0 atom stereocenters. The van der Waals surface area contributed by atoms with E-state index >= 15 is 0 Å². The molecule has 0 saturated heterocycles. The van der Waals surface area contributed by atoms with E-state index in [4.69, 9.17) is 19.9 Å². The molecule has 0 bridgehead atoms. The second-order valence-electron chi connectivity index (χ2n) is 7.51. The smallest absolute Gasteiger partial charge is 0.493 e. The first-order valence-electron chi connectivity index (χ1n) is 10.7. The van der Waals surface area contributed by atoms with Gasteiger partial charge in [0.1, 0.15) is 17.0 Å². The average Bonchev–Trinajstić information content (AvgIpc) is 2.82. The molecule has 0 saturated carbocycles. The zero-order chi connectivity index (χ0) is 27.3. The van der Waals surface area contributed by atoms with E-state index in [1.165, 1.54) is 31.6 Å². The second-order valence-corrected chi connectivity index (χ2v) is 7.51. The van der Waals surface area contributed by atoms with Crippen LogP contribution in [0.3, 0.4) is 0 Å². The van der Waals surface area contributed by atoms with Crippen LogP contribution < -0.4 is 30.0 Å². The summed E-state index contributed by atoms with van der Waals surface area (Å²) in [5.74, 6) is -2.04. The number of pyridine rings is 2. The fraction of sp³-hybridized carbons (Fsp3) is 0.250. The summed E-state index contributed by atoms with van der Waals surface area (Å²) in [5.41, 5.74) is 6.38. The molecule has 1 aromatic carbocycles. The van der Waals surface area contributed by atoms with Gasteiger partial charge >= 0.3 is 6.36 Å². The number of hydrogen-bond donors (Lipinski definition) is 2. The van der Waals surface area contributed by atoms with Gasteiger partial charge in [-0.15, -0.1) is 13.2 Å². The van der Waals surface area contributed by atoms with E-state index in [0.29, 0.717) is 11.3 Å². The van der Waals surface area contributed by atoms with Gasteiger partial charge < -0.3 is 30.0 Å². The lowest BCUT2D eigenvalue weighted by atomic mass is 10.1. The molecule has 3 rings (SSSR count). The van der Waals surface area contributed by atoms with E-state index in [-0.39, 0.29) is 46.5 Å². The number of hydrogen-bond acceptors (Lipinski definition) is 8. The van der Waals surface area contributed by atoms with Crippen LogP contribution in [0.1, 0.15) is 39.0 Å². The summed E-state index contributed by atoms with van der Waals surface area (Å²) in [5, 5.41) is 2.69. The van der Waals surface area contributed by atoms with Crippen LogP contribution in [0.25, 0.3) is 0 Å². The summed E-state index contributed by atoms with van der Waals surface area (Å²) in [7, 11) is 1.23. The number of ether oxygens (including phenoxy) is 4. The Morgan fingerprint density at radius 3 is 2.41 bits per heavy atom. The Morgan fingerprint density at radius 2 is 1.78 bits per heavy atom. The third-order valence-corrected chi connectivity index (χ3v) is 4.89. The van der Waals surface area contributed by atoms with Gasteiger partial charge in [-0.25, -0.2) is 0 Å². The fourth-order valence-corrected chi connectivity index (χ4v) is 3.21. The molecule has 3 aromatic rings. The van der Waals surface area contributed by atoms with Crippen LogP contribution >= 0.6 is 0 Å². The number of alkyl halides is 3. The first kappa shape index (κ1) is 27.0. The minimum absolute atomic E-state index is 0.0183. The number of nitrogens with one attached hydrogen (secondary N) is 1. The molecule has 0 spiro atoms. The Bertz CT molecular complexity index is 1330. The zero-order valence-electron chi connectivity index (χ0n) is 20.2. The van der Waals surface area contributed by atoms with Crippen LogP contribution in [0, 0.1) is 13.8 Å². The van der Waals surface area contributed by atoms with Crippen molar-refractivity contribution in [2.45, 2.75) is 27.1 Å². The Morgan fingerprint density at radius 1 is 1.05 bits per heavy atom. The second kappa shape index (κ2) is 11.0. The van der Waals surface area contributed by atoms with Gasteiger partial charge in [-0.1, -0.05) is 0 Å². The zero-order valence-corrected chi connectivity index (χ0v) is 20.2. The van der Waals surface area contributed by atoms with Crippen molar-refractivity contribution < 1.29 is 41.7 Å². The van der Waals surface area contributed by atoms with Crippen molar-refractivity contribution in [2.75, 3.05) is 19.0 Å². The highest BCUT2D eigenvalue weighted by Crippen LogP contribution is 2.40. The topological polar surface area (TPSA) is 135 Å². The quantitative estimate of drug-likeness (QED) is 0.420. The minimum atomic E-state index is -4.90. The number of aryl methyl sites for hydroxylation is 2. The molecule has 0 aliphatic carbocycles. The number of carbonyl (C=O) groups is 2. The summed E-state index contributed by atoms with van der Waals surface area (Å²) in [6.45, 7) is 5.20. The van der Waals surface area contributed by atoms with Gasteiger partial charge in [0.05, 0.1) is 25.6 Å². The van der Waals surface area contributed by atoms with Gasteiger partial charge in [0.15, 0.2) is 23.0 Å². The molecule has 0 radical (unpaired) electrons. The Hall–Kier alpha value is -4.55. The minimum Gasteiger partial charge on any atom is -0.493 e.